The Bertz CT molecular complexity index is 1230. The van der Waals surface area contributed by atoms with Crippen molar-refractivity contribution in [2.45, 2.75) is 78.6 Å². The van der Waals surface area contributed by atoms with Gasteiger partial charge in [0.2, 0.25) is 0 Å². The van der Waals surface area contributed by atoms with Crippen molar-refractivity contribution >= 4 is 29.3 Å². The zero-order valence-electron chi connectivity index (χ0n) is 25.1. The van der Waals surface area contributed by atoms with Gasteiger partial charge in [-0.2, -0.15) is 0 Å². The van der Waals surface area contributed by atoms with Crippen LogP contribution in [0.4, 0.5) is 16.2 Å². The van der Waals surface area contributed by atoms with Crippen molar-refractivity contribution in [3.63, 3.8) is 0 Å². The molecule has 41 heavy (non-hydrogen) atoms. The summed E-state index contributed by atoms with van der Waals surface area (Å²) in [6.07, 6.45) is 2.75. The number of urea groups is 1. The van der Waals surface area contributed by atoms with Gasteiger partial charge in [0.05, 0.1) is 29.6 Å². The van der Waals surface area contributed by atoms with E-state index in [2.05, 4.69) is 28.1 Å². The van der Waals surface area contributed by atoms with Crippen LogP contribution in [0.2, 0.25) is 0 Å². The maximum absolute atomic E-state index is 13.3. The number of ether oxygens (including phenoxy) is 3. The van der Waals surface area contributed by atoms with Gasteiger partial charge in [-0.3, -0.25) is 4.79 Å². The smallest absolute Gasteiger partial charge is 0.328 e. The zero-order valence-corrected chi connectivity index (χ0v) is 25.1. The van der Waals surface area contributed by atoms with Crippen LogP contribution in [0.5, 0.6) is 5.75 Å². The lowest BCUT2D eigenvalue weighted by Crippen LogP contribution is -2.50. The van der Waals surface area contributed by atoms with Crippen LogP contribution < -0.4 is 20.7 Å². The fourth-order valence-electron chi connectivity index (χ4n) is 4.67. The quantitative estimate of drug-likeness (QED) is 0.240. The summed E-state index contributed by atoms with van der Waals surface area (Å²) in [5.74, 6) is -0.761. The van der Waals surface area contributed by atoms with Gasteiger partial charge in [-0.05, 0) is 95.5 Å². The van der Waals surface area contributed by atoms with Crippen LogP contribution in [0, 0.1) is 19.8 Å². The van der Waals surface area contributed by atoms with Gasteiger partial charge in [0.25, 0.3) is 5.91 Å². The molecular weight excluding hydrogens is 526 g/mol. The number of carbonyl (C=O) groups is 3. The maximum Gasteiger partial charge on any atom is 0.328 e. The van der Waals surface area contributed by atoms with Gasteiger partial charge in [-0.15, -0.1) is 0 Å². The number of nitrogens with one attached hydrogen (secondary N) is 3. The number of rotatable bonds is 13. The number of hydrogen-bond donors (Lipinski definition) is 4. The standard InChI is InChI=1S/C31H43N3O7/c1-18-14-22(16-21-8-9-21)15-19(2)26(18)34-30(38)32-25-17-23(40-13-12-39-7)10-11-24(25)28(35)33-27(29(36)37)20(3)41-31(4,5)6/h10-11,14-15,17,20-21,27H,8-9,12-13,16H2,1-7H3,(H,33,35)(H,36,37)(H2,32,34,38)/t20-,27?/m1/s1. The molecule has 3 amide bonds. The second-order valence-corrected chi connectivity index (χ2v) is 11.6. The summed E-state index contributed by atoms with van der Waals surface area (Å²) in [6.45, 7) is 11.5. The molecule has 0 aromatic heterocycles. The van der Waals surface area contributed by atoms with Crippen LogP contribution in [-0.2, 0) is 20.7 Å². The predicted molar refractivity (Wildman–Crippen MR) is 158 cm³/mol. The Morgan fingerprint density at radius 1 is 1.02 bits per heavy atom. The van der Waals surface area contributed by atoms with Crippen LogP contribution in [0.15, 0.2) is 30.3 Å². The number of aryl methyl sites for hydroxylation is 2. The third-order valence-corrected chi connectivity index (χ3v) is 6.65. The number of methoxy groups -OCH3 is 1. The topological polar surface area (TPSA) is 135 Å². The Balaban J connectivity index is 1.83. The molecule has 0 bridgehead atoms. The lowest BCUT2D eigenvalue weighted by Gasteiger charge is -2.29. The van der Waals surface area contributed by atoms with E-state index in [0.717, 1.165) is 23.5 Å². The third-order valence-electron chi connectivity index (χ3n) is 6.65. The molecule has 1 fully saturated rings. The molecule has 2 aromatic carbocycles. The van der Waals surface area contributed by atoms with Crippen molar-refractivity contribution in [1.82, 2.24) is 5.32 Å². The molecule has 0 heterocycles. The molecule has 2 aromatic rings. The average molecular weight is 570 g/mol. The molecule has 10 heteroatoms. The molecular formula is C31H43N3O7. The first-order valence-electron chi connectivity index (χ1n) is 13.9. The van der Waals surface area contributed by atoms with Gasteiger partial charge in [0.15, 0.2) is 6.04 Å². The monoisotopic (exact) mass is 569 g/mol. The average Bonchev–Trinajstić information content (AvgIpc) is 3.67. The normalized spacial score (nSPS) is 14.6. The Kier molecular flexibility index (Phi) is 10.8. The van der Waals surface area contributed by atoms with Crippen LogP contribution in [0.3, 0.4) is 0 Å². The van der Waals surface area contributed by atoms with Gasteiger partial charge in [0, 0.05) is 18.9 Å². The van der Waals surface area contributed by atoms with Gasteiger partial charge in [-0.25, -0.2) is 9.59 Å². The highest BCUT2D eigenvalue weighted by Crippen LogP contribution is 2.34. The van der Waals surface area contributed by atoms with E-state index in [4.69, 9.17) is 14.2 Å². The maximum atomic E-state index is 13.3. The van der Waals surface area contributed by atoms with Gasteiger partial charge < -0.3 is 35.3 Å². The number of amides is 3. The minimum Gasteiger partial charge on any atom is -0.491 e. The number of anilines is 2. The zero-order chi connectivity index (χ0) is 30.3. The Labute approximate surface area is 242 Å². The highest BCUT2D eigenvalue weighted by atomic mass is 16.5. The molecule has 1 aliphatic rings. The molecule has 0 saturated heterocycles. The van der Waals surface area contributed by atoms with Crippen LogP contribution in [-0.4, -0.2) is 61.1 Å². The summed E-state index contributed by atoms with van der Waals surface area (Å²) < 4.78 is 16.5. The SMILES string of the molecule is COCCOc1ccc(C(=O)NC(C(=O)O)[C@@H](C)OC(C)(C)C)c(NC(=O)Nc2c(C)cc(CC3CC3)cc2C)c1. The van der Waals surface area contributed by atoms with E-state index < -0.39 is 35.7 Å². The van der Waals surface area contributed by atoms with Gasteiger partial charge >= 0.3 is 12.0 Å². The number of carbonyl (C=O) groups excluding carboxylic acids is 2. The number of carboxylic acid groups (broad SMARTS) is 1. The summed E-state index contributed by atoms with van der Waals surface area (Å²) in [7, 11) is 1.56. The van der Waals surface area contributed by atoms with E-state index in [1.54, 1.807) is 40.9 Å². The number of carboxylic acids is 1. The lowest BCUT2D eigenvalue weighted by atomic mass is 10.0. The Hall–Kier alpha value is -3.63. The molecule has 0 spiro atoms. The highest BCUT2D eigenvalue weighted by Gasteiger charge is 2.31. The van der Waals surface area contributed by atoms with Crippen molar-refractivity contribution in [1.29, 1.82) is 0 Å². The lowest BCUT2D eigenvalue weighted by molar-refractivity contribution is -0.146. The fraction of sp³-hybridized carbons (Fsp3) is 0.516. The molecule has 10 nitrogen and oxygen atoms in total. The van der Waals surface area contributed by atoms with Crippen LogP contribution in [0.25, 0.3) is 0 Å². The van der Waals surface area contributed by atoms with Crippen LogP contribution in [0.1, 0.15) is 67.6 Å². The second kappa shape index (κ2) is 13.8. The molecule has 0 aliphatic heterocycles. The van der Waals surface area contributed by atoms with Crippen molar-refractivity contribution in [3.05, 3.63) is 52.6 Å². The third kappa shape index (κ3) is 9.75. The van der Waals surface area contributed by atoms with E-state index in [1.807, 2.05) is 13.8 Å². The Morgan fingerprint density at radius 2 is 1.68 bits per heavy atom. The van der Waals surface area contributed by atoms with Crippen LogP contribution >= 0.6 is 0 Å². The van der Waals surface area contributed by atoms with Crippen molar-refractivity contribution in [3.8, 4) is 5.75 Å². The molecule has 4 N–H and O–H groups in total. The first-order chi connectivity index (χ1) is 19.3. The predicted octanol–water partition coefficient (Wildman–Crippen LogP) is 5.31. The first kappa shape index (κ1) is 31.9. The molecule has 1 unspecified atom stereocenters. The number of aliphatic carboxylic acids is 1. The van der Waals surface area contributed by atoms with E-state index >= 15 is 0 Å². The molecule has 3 rings (SSSR count). The summed E-state index contributed by atoms with van der Waals surface area (Å²) in [5, 5.41) is 18.0. The number of benzene rings is 2. The van der Waals surface area contributed by atoms with E-state index in [9.17, 15) is 19.5 Å². The van der Waals surface area contributed by atoms with Crippen molar-refractivity contribution in [2.24, 2.45) is 5.92 Å². The highest BCUT2D eigenvalue weighted by molar-refractivity contribution is 6.07. The largest absolute Gasteiger partial charge is 0.491 e. The Morgan fingerprint density at radius 3 is 2.24 bits per heavy atom. The molecule has 0 radical (unpaired) electrons. The van der Waals surface area contributed by atoms with E-state index in [1.165, 1.54) is 30.5 Å². The summed E-state index contributed by atoms with van der Waals surface area (Å²) in [5.41, 5.74) is 3.46. The first-order valence-corrected chi connectivity index (χ1v) is 13.9. The van der Waals surface area contributed by atoms with E-state index in [0.29, 0.717) is 18.0 Å². The van der Waals surface area contributed by atoms with Gasteiger partial charge in [-0.1, -0.05) is 12.1 Å². The van der Waals surface area contributed by atoms with Crippen molar-refractivity contribution < 1.29 is 33.7 Å². The fourth-order valence-corrected chi connectivity index (χ4v) is 4.67. The molecule has 1 saturated carbocycles. The minimum atomic E-state index is -1.32. The second-order valence-electron chi connectivity index (χ2n) is 11.6. The van der Waals surface area contributed by atoms with Gasteiger partial charge in [0.1, 0.15) is 12.4 Å². The molecule has 224 valence electrons. The molecule has 1 aliphatic carbocycles. The summed E-state index contributed by atoms with van der Waals surface area (Å²) in [4.78, 5) is 38.5. The number of hydrogen-bond acceptors (Lipinski definition) is 6. The molecule has 2 atom stereocenters. The summed E-state index contributed by atoms with van der Waals surface area (Å²) >= 11 is 0. The minimum absolute atomic E-state index is 0.0710. The van der Waals surface area contributed by atoms with E-state index in [-0.39, 0.29) is 17.9 Å². The summed E-state index contributed by atoms with van der Waals surface area (Å²) in [6, 6.07) is 6.89. The van der Waals surface area contributed by atoms with Crippen molar-refractivity contribution in [2.75, 3.05) is 31.0 Å².